The molecular formula is C20H24N2O3. The van der Waals surface area contributed by atoms with Gasteiger partial charge in [0.25, 0.3) is 0 Å². The molecule has 2 N–H and O–H groups in total. The Hall–Kier alpha value is -2.27. The zero-order valence-corrected chi connectivity index (χ0v) is 14.3. The smallest absolute Gasteiger partial charge is 0.315 e. The molecule has 25 heavy (non-hydrogen) atoms. The SMILES string of the molecule is O=C(N[C@H]1CCCOC1)N[C@H]1CCCOc2c1ccc1ccccc21. The molecule has 5 nitrogen and oxygen atoms in total. The molecule has 2 atom stereocenters. The van der Waals surface area contributed by atoms with Gasteiger partial charge in [0.05, 0.1) is 25.3 Å². The van der Waals surface area contributed by atoms with Crippen molar-refractivity contribution in [2.24, 2.45) is 0 Å². The van der Waals surface area contributed by atoms with E-state index in [0.717, 1.165) is 54.4 Å². The summed E-state index contributed by atoms with van der Waals surface area (Å²) >= 11 is 0. The molecule has 5 heteroatoms. The van der Waals surface area contributed by atoms with Gasteiger partial charge in [-0.15, -0.1) is 0 Å². The van der Waals surface area contributed by atoms with Crippen LogP contribution in [0.4, 0.5) is 4.79 Å². The molecule has 1 fully saturated rings. The average Bonchev–Trinajstić information content (AvgIpc) is 2.85. The Balaban J connectivity index is 1.54. The van der Waals surface area contributed by atoms with Crippen LogP contribution in [0.1, 0.15) is 37.3 Å². The van der Waals surface area contributed by atoms with E-state index in [-0.39, 0.29) is 18.1 Å². The molecule has 132 valence electrons. The number of benzene rings is 2. The topological polar surface area (TPSA) is 59.6 Å². The Morgan fingerprint density at radius 2 is 1.88 bits per heavy atom. The second-order valence-electron chi connectivity index (χ2n) is 6.78. The maximum Gasteiger partial charge on any atom is 0.315 e. The van der Waals surface area contributed by atoms with Gasteiger partial charge >= 0.3 is 6.03 Å². The molecule has 0 aromatic heterocycles. The molecule has 0 spiro atoms. The predicted molar refractivity (Wildman–Crippen MR) is 96.9 cm³/mol. The monoisotopic (exact) mass is 340 g/mol. The van der Waals surface area contributed by atoms with Crippen molar-refractivity contribution in [2.75, 3.05) is 19.8 Å². The Morgan fingerprint density at radius 3 is 2.76 bits per heavy atom. The van der Waals surface area contributed by atoms with Crippen LogP contribution in [0.15, 0.2) is 36.4 Å². The molecule has 0 bridgehead atoms. The van der Waals surface area contributed by atoms with Crippen molar-refractivity contribution in [3.8, 4) is 5.75 Å². The number of carbonyl (C=O) groups is 1. The van der Waals surface area contributed by atoms with Crippen LogP contribution >= 0.6 is 0 Å². The van der Waals surface area contributed by atoms with Crippen LogP contribution < -0.4 is 15.4 Å². The van der Waals surface area contributed by atoms with Crippen LogP contribution in [0.5, 0.6) is 5.75 Å². The summed E-state index contributed by atoms with van der Waals surface area (Å²) in [6.07, 6.45) is 3.76. The summed E-state index contributed by atoms with van der Waals surface area (Å²) in [6, 6.07) is 12.3. The molecule has 2 aromatic carbocycles. The van der Waals surface area contributed by atoms with Crippen LogP contribution in [0.2, 0.25) is 0 Å². The Morgan fingerprint density at radius 1 is 1.00 bits per heavy atom. The summed E-state index contributed by atoms with van der Waals surface area (Å²) in [6.45, 7) is 2.07. The van der Waals surface area contributed by atoms with Gasteiger partial charge in [0.1, 0.15) is 5.75 Å². The van der Waals surface area contributed by atoms with Gasteiger partial charge in [-0.25, -0.2) is 4.79 Å². The zero-order chi connectivity index (χ0) is 17.1. The summed E-state index contributed by atoms with van der Waals surface area (Å²) in [7, 11) is 0. The number of fused-ring (bicyclic) bond motifs is 3. The van der Waals surface area contributed by atoms with Gasteiger partial charge in [0.2, 0.25) is 0 Å². The highest BCUT2D eigenvalue weighted by atomic mass is 16.5. The number of ether oxygens (including phenoxy) is 2. The van der Waals surface area contributed by atoms with Gasteiger partial charge in [-0.2, -0.15) is 0 Å². The van der Waals surface area contributed by atoms with Crippen LogP contribution in [0, 0.1) is 0 Å². The highest BCUT2D eigenvalue weighted by Crippen LogP contribution is 2.37. The largest absolute Gasteiger partial charge is 0.493 e. The van der Waals surface area contributed by atoms with Crippen molar-refractivity contribution in [1.82, 2.24) is 10.6 Å². The van der Waals surface area contributed by atoms with Gasteiger partial charge in [-0.3, -0.25) is 0 Å². The minimum atomic E-state index is -0.124. The maximum atomic E-state index is 12.4. The summed E-state index contributed by atoms with van der Waals surface area (Å²) in [5, 5.41) is 8.44. The lowest BCUT2D eigenvalue weighted by Gasteiger charge is -2.25. The van der Waals surface area contributed by atoms with Crippen molar-refractivity contribution in [3.63, 3.8) is 0 Å². The van der Waals surface area contributed by atoms with Crippen LogP contribution in [-0.2, 0) is 4.74 Å². The first-order valence-corrected chi connectivity index (χ1v) is 9.10. The first-order valence-electron chi connectivity index (χ1n) is 9.10. The number of carbonyl (C=O) groups excluding carboxylic acids is 1. The number of rotatable bonds is 2. The lowest BCUT2D eigenvalue weighted by molar-refractivity contribution is 0.0730. The third kappa shape index (κ3) is 3.56. The normalized spacial score (nSPS) is 23.2. The molecule has 2 aromatic rings. The molecule has 2 aliphatic heterocycles. The van der Waals surface area contributed by atoms with Crippen molar-refractivity contribution in [3.05, 3.63) is 42.0 Å². The van der Waals surface area contributed by atoms with Crippen LogP contribution in [0.25, 0.3) is 10.8 Å². The number of nitrogens with one attached hydrogen (secondary N) is 2. The number of urea groups is 1. The highest BCUT2D eigenvalue weighted by Gasteiger charge is 2.24. The van der Waals surface area contributed by atoms with E-state index in [0.29, 0.717) is 13.2 Å². The predicted octanol–water partition coefficient (Wildman–Crippen LogP) is 3.53. The third-order valence-corrected chi connectivity index (χ3v) is 4.97. The Labute approximate surface area is 147 Å². The molecule has 0 radical (unpaired) electrons. The van der Waals surface area contributed by atoms with E-state index < -0.39 is 0 Å². The van der Waals surface area contributed by atoms with Gasteiger partial charge in [-0.1, -0.05) is 36.4 Å². The minimum Gasteiger partial charge on any atom is -0.493 e. The van der Waals surface area contributed by atoms with Crippen molar-refractivity contribution in [1.29, 1.82) is 0 Å². The second-order valence-corrected chi connectivity index (χ2v) is 6.78. The summed E-state index contributed by atoms with van der Waals surface area (Å²) in [5.41, 5.74) is 1.06. The first-order chi connectivity index (χ1) is 12.3. The van der Waals surface area contributed by atoms with E-state index in [1.54, 1.807) is 0 Å². The minimum absolute atomic E-state index is 0.0355. The molecule has 4 rings (SSSR count). The molecule has 2 aliphatic rings. The summed E-state index contributed by atoms with van der Waals surface area (Å²) < 4.78 is 11.5. The van der Waals surface area contributed by atoms with E-state index in [1.807, 2.05) is 12.1 Å². The third-order valence-electron chi connectivity index (χ3n) is 4.97. The molecule has 0 aliphatic carbocycles. The van der Waals surface area contributed by atoms with Gasteiger partial charge in [0, 0.05) is 17.6 Å². The fraction of sp³-hybridized carbons (Fsp3) is 0.450. The average molecular weight is 340 g/mol. The standard InChI is InChI=1S/C20H24N2O3/c23-20(21-15-6-3-11-24-13-15)22-18-8-4-12-25-19-16-7-2-1-5-14(16)9-10-17(18)19/h1-2,5,7,9-10,15,18H,3-4,6,8,11-13H2,(H2,21,22,23)/t15-,18-/m0/s1. The van der Waals surface area contributed by atoms with Crippen LogP contribution in [0.3, 0.4) is 0 Å². The van der Waals surface area contributed by atoms with Crippen molar-refractivity contribution >= 4 is 16.8 Å². The fourth-order valence-corrected chi connectivity index (χ4v) is 3.70. The molecular weight excluding hydrogens is 316 g/mol. The Kier molecular flexibility index (Phi) is 4.74. The van der Waals surface area contributed by atoms with Crippen molar-refractivity contribution in [2.45, 2.75) is 37.8 Å². The lowest BCUT2D eigenvalue weighted by atomic mass is 9.98. The fourth-order valence-electron chi connectivity index (χ4n) is 3.70. The zero-order valence-electron chi connectivity index (χ0n) is 14.3. The Bertz CT molecular complexity index is 756. The number of amides is 2. The molecule has 2 amide bonds. The van der Waals surface area contributed by atoms with Crippen molar-refractivity contribution < 1.29 is 14.3 Å². The number of hydrogen-bond donors (Lipinski definition) is 2. The van der Waals surface area contributed by atoms with E-state index in [9.17, 15) is 4.79 Å². The first kappa shape index (κ1) is 16.2. The number of hydrogen-bond acceptors (Lipinski definition) is 3. The molecule has 0 saturated carbocycles. The molecule has 0 unspecified atom stereocenters. The quantitative estimate of drug-likeness (QED) is 0.879. The van der Waals surface area contributed by atoms with E-state index in [2.05, 4.69) is 34.9 Å². The second kappa shape index (κ2) is 7.31. The highest BCUT2D eigenvalue weighted by molar-refractivity contribution is 5.90. The maximum absolute atomic E-state index is 12.4. The van der Waals surface area contributed by atoms with Gasteiger partial charge in [-0.05, 0) is 31.1 Å². The van der Waals surface area contributed by atoms with Crippen LogP contribution in [-0.4, -0.2) is 31.9 Å². The van der Waals surface area contributed by atoms with E-state index >= 15 is 0 Å². The molecule has 1 saturated heterocycles. The van der Waals surface area contributed by atoms with Gasteiger partial charge < -0.3 is 20.1 Å². The summed E-state index contributed by atoms with van der Waals surface area (Å²) in [4.78, 5) is 12.4. The summed E-state index contributed by atoms with van der Waals surface area (Å²) in [5.74, 6) is 0.905. The van der Waals surface area contributed by atoms with Gasteiger partial charge in [0.15, 0.2) is 0 Å². The molecule has 2 heterocycles. The lowest BCUT2D eigenvalue weighted by Crippen LogP contribution is -2.46. The van der Waals surface area contributed by atoms with E-state index in [1.165, 1.54) is 0 Å². The van der Waals surface area contributed by atoms with E-state index in [4.69, 9.17) is 9.47 Å².